The summed E-state index contributed by atoms with van der Waals surface area (Å²) >= 11 is 0. The second-order valence-corrected chi connectivity index (χ2v) is 2.62. The van der Waals surface area contributed by atoms with Crippen LogP contribution in [0, 0.1) is 11.6 Å². The first-order chi connectivity index (χ1) is 6.06. The van der Waals surface area contributed by atoms with Crippen LogP contribution in [0.1, 0.15) is 17.3 Å². The Hall–Kier alpha value is -1.45. The van der Waals surface area contributed by atoms with E-state index in [1.165, 1.54) is 14.0 Å². The summed E-state index contributed by atoms with van der Waals surface area (Å²) in [5.41, 5.74) is 0.0638. The monoisotopic (exact) mass is 185 g/mol. The highest BCUT2D eigenvalue weighted by molar-refractivity contribution is 5.99. The average molecular weight is 185 g/mol. The van der Waals surface area contributed by atoms with Crippen LogP contribution in [0.2, 0.25) is 0 Å². The van der Waals surface area contributed by atoms with Gasteiger partial charge in [0, 0.05) is 13.1 Å². The molecule has 0 aromatic heterocycles. The molecule has 0 bridgehead atoms. The SMILES string of the molecule is CNc1cc(F)cc(F)c1C(C)=O. The Balaban J connectivity index is 3.38. The van der Waals surface area contributed by atoms with E-state index in [4.69, 9.17) is 0 Å². The highest BCUT2D eigenvalue weighted by atomic mass is 19.1. The molecule has 2 nitrogen and oxygen atoms in total. The van der Waals surface area contributed by atoms with Crippen LogP contribution in [-0.2, 0) is 0 Å². The van der Waals surface area contributed by atoms with Gasteiger partial charge in [-0.1, -0.05) is 0 Å². The minimum Gasteiger partial charge on any atom is -0.387 e. The molecule has 1 aromatic carbocycles. The van der Waals surface area contributed by atoms with Crippen LogP contribution in [0.15, 0.2) is 12.1 Å². The number of halogens is 2. The van der Waals surface area contributed by atoms with E-state index in [-0.39, 0.29) is 11.3 Å². The van der Waals surface area contributed by atoms with Crippen molar-refractivity contribution in [3.63, 3.8) is 0 Å². The van der Waals surface area contributed by atoms with Crippen molar-refractivity contribution >= 4 is 11.5 Å². The van der Waals surface area contributed by atoms with Crippen LogP contribution in [0.25, 0.3) is 0 Å². The number of rotatable bonds is 2. The lowest BCUT2D eigenvalue weighted by molar-refractivity contribution is 0.101. The highest BCUT2D eigenvalue weighted by Crippen LogP contribution is 2.20. The fraction of sp³-hybridized carbons (Fsp3) is 0.222. The van der Waals surface area contributed by atoms with Crippen molar-refractivity contribution in [2.75, 3.05) is 12.4 Å². The number of carbonyl (C=O) groups is 1. The molecule has 0 unspecified atom stereocenters. The lowest BCUT2D eigenvalue weighted by atomic mass is 10.1. The zero-order valence-corrected chi connectivity index (χ0v) is 7.32. The maximum absolute atomic E-state index is 13.0. The predicted octanol–water partition coefficient (Wildman–Crippen LogP) is 2.21. The number of anilines is 1. The quantitative estimate of drug-likeness (QED) is 0.715. The number of ketones is 1. The molecular formula is C9H9F2NO. The second-order valence-electron chi connectivity index (χ2n) is 2.62. The molecule has 4 heteroatoms. The minimum atomic E-state index is -0.836. The fourth-order valence-corrected chi connectivity index (χ4v) is 1.13. The Bertz CT molecular complexity index is 350. The van der Waals surface area contributed by atoms with Gasteiger partial charge >= 0.3 is 0 Å². The number of Topliss-reactive ketones (excluding diaryl/α,β-unsaturated/α-hetero) is 1. The standard InChI is InChI=1S/C9H9F2NO/c1-5(13)9-7(11)3-6(10)4-8(9)12-2/h3-4,12H,1-2H3. The van der Waals surface area contributed by atoms with Crippen molar-refractivity contribution in [1.82, 2.24) is 0 Å². The van der Waals surface area contributed by atoms with E-state index in [1.807, 2.05) is 0 Å². The molecule has 1 rings (SSSR count). The highest BCUT2D eigenvalue weighted by Gasteiger charge is 2.13. The summed E-state index contributed by atoms with van der Waals surface area (Å²) in [6.45, 7) is 1.23. The van der Waals surface area contributed by atoms with E-state index in [1.54, 1.807) is 0 Å². The number of hydrogen-bond acceptors (Lipinski definition) is 2. The number of hydrogen-bond donors (Lipinski definition) is 1. The summed E-state index contributed by atoms with van der Waals surface area (Å²) < 4.78 is 25.7. The predicted molar refractivity (Wildman–Crippen MR) is 45.9 cm³/mol. The third-order valence-corrected chi connectivity index (χ3v) is 1.68. The van der Waals surface area contributed by atoms with Gasteiger partial charge in [0.2, 0.25) is 0 Å². The molecule has 0 aliphatic rings. The summed E-state index contributed by atoms with van der Waals surface area (Å²) in [6, 6.07) is 1.78. The van der Waals surface area contributed by atoms with E-state index < -0.39 is 17.4 Å². The van der Waals surface area contributed by atoms with Crippen molar-refractivity contribution in [1.29, 1.82) is 0 Å². The van der Waals surface area contributed by atoms with Crippen LogP contribution in [0.5, 0.6) is 0 Å². The van der Waals surface area contributed by atoms with Crippen molar-refractivity contribution in [2.45, 2.75) is 6.92 Å². The molecule has 13 heavy (non-hydrogen) atoms. The number of nitrogens with one attached hydrogen (secondary N) is 1. The Labute approximate surface area is 74.6 Å². The smallest absolute Gasteiger partial charge is 0.164 e. The number of carbonyl (C=O) groups excluding carboxylic acids is 1. The van der Waals surface area contributed by atoms with E-state index in [0.717, 1.165) is 6.07 Å². The largest absolute Gasteiger partial charge is 0.387 e. The Morgan fingerprint density at radius 3 is 2.46 bits per heavy atom. The molecule has 0 aliphatic heterocycles. The molecule has 0 aliphatic carbocycles. The maximum atomic E-state index is 13.0. The van der Waals surface area contributed by atoms with Crippen LogP contribution in [0.4, 0.5) is 14.5 Å². The summed E-state index contributed by atoms with van der Waals surface area (Å²) in [6.07, 6.45) is 0. The van der Waals surface area contributed by atoms with E-state index >= 15 is 0 Å². The van der Waals surface area contributed by atoms with E-state index in [2.05, 4.69) is 5.32 Å². The number of benzene rings is 1. The summed E-state index contributed by atoms with van der Waals surface area (Å²) in [4.78, 5) is 11.0. The Morgan fingerprint density at radius 1 is 1.38 bits per heavy atom. The average Bonchev–Trinajstić information content (AvgIpc) is 2.01. The summed E-state index contributed by atoms with van der Waals surface area (Å²) in [5.74, 6) is -1.97. The van der Waals surface area contributed by atoms with Gasteiger partial charge in [-0.25, -0.2) is 8.78 Å². The molecule has 70 valence electrons. The van der Waals surface area contributed by atoms with Gasteiger partial charge in [0.05, 0.1) is 11.3 Å². The molecule has 1 aromatic rings. The van der Waals surface area contributed by atoms with Gasteiger partial charge in [0.1, 0.15) is 11.6 Å². The van der Waals surface area contributed by atoms with Crippen LogP contribution in [-0.4, -0.2) is 12.8 Å². The van der Waals surface area contributed by atoms with Crippen molar-refractivity contribution in [3.8, 4) is 0 Å². The first-order valence-corrected chi connectivity index (χ1v) is 3.74. The van der Waals surface area contributed by atoms with Gasteiger partial charge in [-0.15, -0.1) is 0 Å². The van der Waals surface area contributed by atoms with Gasteiger partial charge in [0.25, 0.3) is 0 Å². The lowest BCUT2D eigenvalue weighted by Crippen LogP contribution is -2.04. The van der Waals surface area contributed by atoms with Gasteiger partial charge in [-0.05, 0) is 13.0 Å². The van der Waals surface area contributed by atoms with Crippen LogP contribution >= 0.6 is 0 Å². The van der Waals surface area contributed by atoms with Gasteiger partial charge in [-0.2, -0.15) is 0 Å². The summed E-state index contributed by atoms with van der Waals surface area (Å²) in [7, 11) is 1.50. The molecule has 0 spiro atoms. The Morgan fingerprint density at radius 2 is 2.00 bits per heavy atom. The topological polar surface area (TPSA) is 29.1 Å². The first-order valence-electron chi connectivity index (χ1n) is 3.74. The van der Waals surface area contributed by atoms with Gasteiger partial charge in [-0.3, -0.25) is 4.79 Å². The third-order valence-electron chi connectivity index (χ3n) is 1.68. The van der Waals surface area contributed by atoms with E-state index in [9.17, 15) is 13.6 Å². The molecule has 0 heterocycles. The normalized spacial score (nSPS) is 9.85. The molecular weight excluding hydrogens is 176 g/mol. The zero-order chi connectivity index (χ0) is 10.0. The third kappa shape index (κ3) is 1.83. The van der Waals surface area contributed by atoms with Crippen LogP contribution in [0.3, 0.4) is 0 Å². The Kier molecular flexibility index (Phi) is 2.60. The maximum Gasteiger partial charge on any atom is 0.164 e. The summed E-state index contributed by atoms with van der Waals surface area (Å²) in [5, 5.41) is 2.56. The zero-order valence-electron chi connectivity index (χ0n) is 7.32. The van der Waals surface area contributed by atoms with Crippen molar-refractivity contribution < 1.29 is 13.6 Å². The fourth-order valence-electron chi connectivity index (χ4n) is 1.13. The minimum absolute atomic E-state index is 0.107. The molecule has 1 N–H and O–H groups in total. The molecule has 0 amide bonds. The van der Waals surface area contributed by atoms with Gasteiger partial charge in [0.15, 0.2) is 5.78 Å². The molecule has 0 saturated carbocycles. The van der Waals surface area contributed by atoms with Crippen molar-refractivity contribution in [2.24, 2.45) is 0 Å². The lowest BCUT2D eigenvalue weighted by Gasteiger charge is -2.06. The molecule has 0 atom stereocenters. The van der Waals surface area contributed by atoms with Crippen molar-refractivity contribution in [3.05, 3.63) is 29.3 Å². The van der Waals surface area contributed by atoms with Crippen LogP contribution < -0.4 is 5.32 Å². The first kappa shape index (κ1) is 9.64. The molecule has 0 fully saturated rings. The second kappa shape index (κ2) is 3.51. The molecule has 0 saturated heterocycles. The van der Waals surface area contributed by atoms with Gasteiger partial charge < -0.3 is 5.32 Å². The van der Waals surface area contributed by atoms with E-state index in [0.29, 0.717) is 6.07 Å². The molecule has 0 radical (unpaired) electrons.